The van der Waals surface area contributed by atoms with E-state index in [2.05, 4.69) is 31.1 Å². The number of rotatable bonds is 7. The highest BCUT2D eigenvalue weighted by atomic mass is 19.1. The van der Waals surface area contributed by atoms with Crippen molar-refractivity contribution in [3.8, 4) is 0 Å². The van der Waals surface area contributed by atoms with Gasteiger partial charge in [0.15, 0.2) is 0 Å². The fourth-order valence-electron chi connectivity index (χ4n) is 2.71. The maximum atomic E-state index is 13.2. The lowest BCUT2D eigenvalue weighted by molar-refractivity contribution is 0.253. The molecule has 1 fully saturated rings. The molecule has 0 saturated heterocycles. The molecule has 2 rings (SSSR count). The molecule has 0 amide bonds. The van der Waals surface area contributed by atoms with Gasteiger partial charge in [-0.3, -0.25) is 0 Å². The first-order valence-corrected chi connectivity index (χ1v) is 7.75. The van der Waals surface area contributed by atoms with E-state index in [1.54, 1.807) is 6.07 Å². The van der Waals surface area contributed by atoms with Gasteiger partial charge in [0.2, 0.25) is 0 Å². The SMILES string of the molecule is CC(C)N(C)CCCNC1CC(c2cccc(F)c2)C1. The molecule has 1 aliphatic rings. The van der Waals surface area contributed by atoms with Crippen LogP contribution in [-0.4, -0.2) is 37.1 Å². The van der Waals surface area contributed by atoms with Crippen LogP contribution < -0.4 is 5.32 Å². The van der Waals surface area contributed by atoms with Crippen LogP contribution in [0.5, 0.6) is 0 Å². The minimum Gasteiger partial charge on any atom is -0.314 e. The lowest BCUT2D eigenvalue weighted by Crippen LogP contribution is -2.41. The van der Waals surface area contributed by atoms with E-state index >= 15 is 0 Å². The molecular weight excluding hydrogens is 251 g/mol. The van der Waals surface area contributed by atoms with Crippen molar-refractivity contribution in [1.82, 2.24) is 10.2 Å². The summed E-state index contributed by atoms with van der Waals surface area (Å²) in [5.74, 6) is 0.428. The lowest BCUT2D eigenvalue weighted by atomic mass is 9.76. The minimum absolute atomic E-state index is 0.115. The summed E-state index contributed by atoms with van der Waals surface area (Å²) in [6, 6.07) is 8.29. The fraction of sp³-hybridized carbons (Fsp3) is 0.647. The van der Waals surface area contributed by atoms with Crippen LogP contribution in [0.4, 0.5) is 4.39 Å². The monoisotopic (exact) mass is 278 g/mol. The molecule has 112 valence electrons. The predicted molar refractivity (Wildman–Crippen MR) is 82.5 cm³/mol. The summed E-state index contributed by atoms with van der Waals surface area (Å²) < 4.78 is 13.2. The zero-order chi connectivity index (χ0) is 14.5. The first-order chi connectivity index (χ1) is 9.56. The van der Waals surface area contributed by atoms with Gasteiger partial charge in [0, 0.05) is 12.1 Å². The Morgan fingerprint density at radius 1 is 1.35 bits per heavy atom. The summed E-state index contributed by atoms with van der Waals surface area (Å²) in [6.45, 7) is 6.67. The van der Waals surface area contributed by atoms with Crippen LogP contribution in [0.15, 0.2) is 24.3 Å². The summed E-state index contributed by atoms with van der Waals surface area (Å²) in [4.78, 5) is 2.37. The zero-order valence-electron chi connectivity index (χ0n) is 12.9. The molecule has 3 heteroatoms. The number of halogens is 1. The van der Waals surface area contributed by atoms with Gasteiger partial charge >= 0.3 is 0 Å². The minimum atomic E-state index is -0.115. The van der Waals surface area contributed by atoms with Gasteiger partial charge in [-0.15, -0.1) is 0 Å². The van der Waals surface area contributed by atoms with Crippen molar-refractivity contribution in [1.29, 1.82) is 0 Å². The molecule has 0 spiro atoms. The predicted octanol–water partition coefficient (Wildman–Crippen LogP) is 3.39. The lowest BCUT2D eigenvalue weighted by Gasteiger charge is -2.36. The third-order valence-electron chi connectivity index (χ3n) is 4.46. The normalized spacial score (nSPS) is 22.3. The van der Waals surface area contributed by atoms with Gasteiger partial charge in [0.25, 0.3) is 0 Å². The molecule has 0 aromatic heterocycles. The van der Waals surface area contributed by atoms with Crippen LogP contribution in [0, 0.1) is 5.82 Å². The summed E-state index contributed by atoms with van der Waals surface area (Å²) in [5.41, 5.74) is 1.16. The zero-order valence-corrected chi connectivity index (χ0v) is 12.9. The third-order valence-corrected chi connectivity index (χ3v) is 4.46. The molecule has 1 aromatic rings. The van der Waals surface area contributed by atoms with Crippen LogP contribution in [0.3, 0.4) is 0 Å². The molecule has 1 aromatic carbocycles. The molecule has 0 atom stereocenters. The molecule has 1 N–H and O–H groups in total. The molecule has 2 nitrogen and oxygen atoms in total. The van der Waals surface area contributed by atoms with Crippen LogP contribution >= 0.6 is 0 Å². The van der Waals surface area contributed by atoms with Crippen molar-refractivity contribution in [2.24, 2.45) is 0 Å². The Morgan fingerprint density at radius 2 is 2.10 bits per heavy atom. The van der Waals surface area contributed by atoms with Gasteiger partial charge in [-0.05, 0) is 76.9 Å². The first-order valence-electron chi connectivity index (χ1n) is 7.75. The van der Waals surface area contributed by atoms with E-state index in [4.69, 9.17) is 0 Å². The number of hydrogen-bond donors (Lipinski definition) is 1. The van der Waals surface area contributed by atoms with E-state index in [1.165, 1.54) is 12.5 Å². The second-order valence-corrected chi connectivity index (χ2v) is 6.30. The Hall–Kier alpha value is -0.930. The van der Waals surface area contributed by atoms with Crippen molar-refractivity contribution in [2.45, 2.75) is 51.1 Å². The van der Waals surface area contributed by atoms with E-state index < -0.39 is 0 Å². The van der Waals surface area contributed by atoms with Crippen molar-refractivity contribution < 1.29 is 4.39 Å². The second-order valence-electron chi connectivity index (χ2n) is 6.30. The molecule has 0 heterocycles. The molecule has 0 unspecified atom stereocenters. The van der Waals surface area contributed by atoms with Crippen molar-refractivity contribution in [3.63, 3.8) is 0 Å². The summed E-state index contributed by atoms with van der Waals surface area (Å²) >= 11 is 0. The number of hydrogen-bond acceptors (Lipinski definition) is 2. The topological polar surface area (TPSA) is 15.3 Å². The standard InChI is InChI=1S/C17H27FN2/c1-13(2)20(3)9-5-8-19-17-11-15(12-17)14-6-4-7-16(18)10-14/h4,6-7,10,13,15,17,19H,5,8-9,11-12H2,1-3H3. The fourth-order valence-corrected chi connectivity index (χ4v) is 2.71. The van der Waals surface area contributed by atoms with Crippen LogP contribution in [0.2, 0.25) is 0 Å². The average Bonchev–Trinajstić information content (AvgIpc) is 2.35. The Bertz CT molecular complexity index is 413. The highest BCUT2D eigenvalue weighted by Gasteiger charge is 2.29. The number of nitrogens with one attached hydrogen (secondary N) is 1. The molecule has 0 radical (unpaired) electrons. The average molecular weight is 278 g/mol. The maximum absolute atomic E-state index is 13.2. The van der Waals surface area contributed by atoms with Gasteiger partial charge in [0.05, 0.1) is 0 Å². The Morgan fingerprint density at radius 3 is 2.75 bits per heavy atom. The summed E-state index contributed by atoms with van der Waals surface area (Å²) in [6.07, 6.45) is 3.47. The smallest absolute Gasteiger partial charge is 0.123 e. The maximum Gasteiger partial charge on any atom is 0.123 e. The van der Waals surface area contributed by atoms with Crippen molar-refractivity contribution >= 4 is 0 Å². The highest BCUT2D eigenvalue weighted by Crippen LogP contribution is 2.36. The van der Waals surface area contributed by atoms with Gasteiger partial charge in [-0.25, -0.2) is 4.39 Å². The summed E-state index contributed by atoms with van der Waals surface area (Å²) in [5, 5.41) is 3.61. The second kappa shape index (κ2) is 7.19. The van der Waals surface area contributed by atoms with Gasteiger partial charge in [-0.2, -0.15) is 0 Å². The van der Waals surface area contributed by atoms with Crippen LogP contribution in [-0.2, 0) is 0 Å². The van der Waals surface area contributed by atoms with E-state index in [1.807, 2.05) is 12.1 Å². The molecule has 0 aliphatic heterocycles. The highest BCUT2D eigenvalue weighted by molar-refractivity contribution is 5.23. The molecule has 0 bridgehead atoms. The Labute approximate surface area is 122 Å². The Kier molecular flexibility index (Phi) is 5.55. The molecular formula is C17H27FN2. The van der Waals surface area contributed by atoms with Crippen LogP contribution in [0.25, 0.3) is 0 Å². The largest absolute Gasteiger partial charge is 0.314 e. The van der Waals surface area contributed by atoms with Gasteiger partial charge < -0.3 is 10.2 Å². The van der Waals surface area contributed by atoms with Gasteiger partial charge in [0.1, 0.15) is 5.82 Å². The third kappa shape index (κ3) is 4.29. The first kappa shape index (κ1) is 15.5. The van der Waals surface area contributed by atoms with E-state index in [0.717, 1.165) is 31.5 Å². The summed E-state index contributed by atoms with van der Waals surface area (Å²) in [7, 11) is 2.17. The molecule has 1 saturated carbocycles. The van der Waals surface area contributed by atoms with Crippen molar-refractivity contribution in [3.05, 3.63) is 35.6 Å². The number of nitrogens with zero attached hydrogens (tertiary/aromatic N) is 1. The van der Waals surface area contributed by atoms with Gasteiger partial charge in [-0.1, -0.05) is 12.1 Å². The van der Waals surface area contributed by atoms with E-state index in [9.17, 15) is 4.39 Å². The molecule has 1 aliphatic carbocycles. The molecule has 20 heavy (non-hydrogen) atoms. The van der Waals surface area contributed by atoms with Crippen LogP contribution in [0.1, 0.15) is 44.6 Å². The van der Waals surface area contributed by atoms with Crippen molar-refractivity contribution in [2.75, 3.05) is 20.1 Å². The van der Waals surface area contributed by atoms with E-state index in [-0.39, 0.29) is 5.82 Å². The van der Waals surface area contributed by atoms with E-state index in [0.29, 0.717) is 18.0 Å². The number of benzene rings is 1. The Balaban J connectivity index is 1.60. The quantitative estimate of drug-likeness (QED) is 0.769.